The maximum atomic E-state index is 10.8. The number of benzene rings is 1. The Balaban J connectivity index is 2.38. The summed E-state index contributed by atoms with van der Waals surface area (Å²) in [5.74, 6) is 0.827. The first-order valence-corrected chi connectivity index (χ1v) is 4.54. The lowest BCUT2D eigenvalue weighted by Gasteiger charge is -2.02. The maximum Gasteiger partial charge on any atom is 0.173 e. The number of hydrogen-bond acceptors (Lipinski definition) is 2. The van der Waals surface area contributed by atoms with Gasteiger partial charge in [-0.05, 0) is 12.1 Å². The molecule has 0 aromatic heterocycles. The second kappa shape index (κ2) is 4.89. The van der Waals surface area contributed by atoms with Crippen LogP contribution in [0.15, 0.2) is 30.3 Å². The standard InChI is InChI=1S/C9H11O2P/c10-8(7-12)6-11-9-4-2-1-3-5-9/h1-5H,6-7,12H2. The normalized spacial score (nSPS) is 9.42. The van der Waals surface area contributed by atoms with Crippen LogP contribution in [0.4, 0.5) is 0 Å². The van der Waals surface area contributed by atoms with Gasteiger partial charge in [0.15, 0.2) is 5.78 Å². The zero-order valence-corrected chi connectivity index (χ0v) is 7.85. The van der Waals surface area contributed by atoms with E-state index in [1.54, 1.807) is 0 Å². The number of para-hydroxylation sites is 1. The molecule has 0 saturated heterocycles. The van der Waals surface area contributed by atoms with Gasteiger partial charge in [0.25, 0.3) is 0 Å². The summed E-state index contributed by atoms with van der Waals surface area (Å²) >= 11 is 0. The third-order valence-corrected chi connectivity index (χ3v) is 1.83. The van der Waals surface area contributed by atoms with Crippen LogP contribution in [0.3, 0.4) is 0 Å². The van der Waals surface area contributed by atoms with Gasteiger partial charge in [-0.15, -0.1) is 9.24 Å². The molecule has 1 atom stereocenters. The molecule has 0 saturated carbocycles. The lowest BCUT2D eigenvalue weighted by Crippen LogP contribution is -2.11. The summed E-state index contributed by atoms with van der Waals surface area (Å²) in [6.07, 6.45) is 0.451. The Hall–Kier alpha value is -0.880. The summed E-state index contributed by atoms with van der Waals surface area (Å²) in [6.45, 7) is 0.160. The molecule has 0 aliphatic carbocycles. The summed E-state index contributed by atoms with van der Waals surface area (Å²) in [7, 11) is 2.38. The minimum atomic E-state index is 0.0869. The van der Waals surface area contributed by atoms with Crippen LogP contribution in [0.1, 0.15) is 0 Å². The maximum absolute atomic E-state index is 10.8. The molecule has 3 heteroatoms. The SMILES string of the molecule is O=C(CP)COc1ccccc1. The minimum absolute atomic E-state index is 0.0869. The van der Waals surface area contributed by atoms with Gasteiger partial charge in [0.05, 0.1) is 0 Å². The topological polar surface area (TPSA) is 26.3 Å². The summed E-state index contributed by atoms with van der Waals surface area (Å²) in [6, 6.07) is 9.32. The van der Waals surface area contributed by atoms with Crippen LogP contribution in [0.2, 0.25) is 0 Å². The lowest BCUT2D eigenvalue weighted by molar-refractivity contribution is -0.118. The second-order valence-corrected chi connectivity index (χ2v) is 2.75. The van der Waals surface area contributed by atoms with Crippen molar-refractivity contribution in [2.24, 2.45) is 0 Å². The fraction of sp³-hybridized carbons (Fsp3) is 0.222. The lowest BCUT2D eigenvalue weighted by atomic mass is 10.3. The molecular formula is C9H11O2P. The highest BCUT2D eigenvalue weighted by atomic mass is 31.0. The minimum Gasteiger partial charge on any atom is -0.486 e. The van der Waals surface area contributed by atoms with E-state index in [9.17, 15) is 4.79 Å². The predicted octanol–water partition coefficient (Wildman–Crippen LogP) is 1.51. The van der Waals surface area contributed by atoms with E-state index in [-0.39, 0.29) is 12.4 Å². The quantitative estimate of drug-likeness (QED) is 0.660. The number of rotatable bonds is 4. The molecule has 1 rings (SSSR count). The average Bonchev–Trinajstić information content (AvgIpc) is 2.16. The highest BCUT2D eigenvalue weighted by molar-refractivity contribution is 7.18. The van der Waals surface area contributed by atoms with Crippen LogP contribution < -0.4 is 4.74 Å². The molecule has 0 aliphatic heterocycles. The average molecular weight is 182 g/mol. The fourth-order valence-electron chi connectivity index (χ4n) is 0.739. The van der Waals surface area contributed by atoms with Crippen molar-refractivity contribution in [1.29, 1.82) is 0 Å². The number of hydrogen-bond donors (Lipinski definition) is 0. The first-order chi connectivity index (χ1) is 5.83. The van der Waals surface area contributed by atoms with Crippen LogP contribution in [-0.4, -0.2) is 18.6 Å². The number of carbonyl (C=O) groups excluding carboxylic acids is 1. The summed E-state index contributed by atoms with van der Waals surface area (Å²) in [4.78, 5) is 10.8. The third-order valence-electron chi connectivity index (χ3n) is 1.37. The highest BCUT2D eigenvalue weighted by Crippen LogP contribution is 2.07. The second-order valence-electron chi connectivity index (χ2n) is 2.34. The molecule has 0 bridgehead atoms. The van der Waals surface area contributed by atoms with Crippen molar-refractivity contribution in [3.05, 3.63) is 30.3 Å². The van der Waals surface area contributed by atoms with Crippen LogP contribution >= 0.6 is 9.24 Å². The van der Waals surface area contributed by atoms with Gasteiger partial charge in [-0.3, -0.25) is 4.79 Å². The van der Waals surface area contributed by atoms with Crippen LogP contribution in [-0.2, 0) is 4.79 Å². The number of ketones is 1. The van der Waals surface area contributed by atoms with Crippen LogP contribution in [0.25, 0.3) is 0 Å². The zero-order valence-electron chi connectivity index (χ0n) is 6.69. The smallest absolute Gasteiger partial charge is 0.173 e. The molecule has 0 heterocycles. The molecular weight excluding hydrogens is 171 g/mol. The van der Waals surface area contributed by atoms with E-state index in [0.717, 1.165) is 5.75 Å². The van der Waals surface area contributed by atoms with Crippen LogP contribution in [0, 0.1) is 0 Å². The molecule has 12 heavy (non-hydrogen) atoms. The molecule has 64 valence electrons. The zero-order chi connectivity index (χ0) is 8.81. The molecule has 0 aliphatic rings. The van der Waals surface area contributed by atoms with Crippen molar-refractivity contribution >= 4 is 15.0 Å². The summed E-state index contributed by atoms with van der Waals surface area (Å²) < 4.78 is 5.20. The Bertz CT molecular complexity index is 246. The largest absolute Gasteiger partial charge is 0.486 e. The van der Waals surface area contributed by atoms with E-state index < -0.39 is 0 Å². The first-order valence-electron chi connectivity index (χ1n) is 3.72. The number of ether oxygens (including phenoxy) is 1. The van der Waals surface area contributed by atoms with E-state index in [0.29, 0.717) is 6.16 Å². The van der Waals surface area contributed by atoms with Crippen molar-refractivity contribution in [1.82, 2.24) is 0 Å². The Morgan fingerprint density at radius 1 is 1.33 bits per heavy atom. The molecule has 1 aromatic carbocycles. The molecule has 0 spiro atoms. The van der Waals surface area contributed by atoms with Gasteiger partial charge >= 0.3 is 0 Å². The Kier molecular flexibility index (Phi) is 3.75. The van der Waals surface area contributed by atoms with E-state index in [4.69, 9.17) is 4.74 Å². The molecule has 0 amide bonds. The van der Waals surface area contributed by atoms with Crippen molar-refractivity contribution in [3.63, 3.8) is 0 Å². The van der Waals surface area contributed by atoms with Crippen molar-refractivity contribution < 1.29 is 9.53 Å². The van der Waals surface area contributed by atoms with E-state index in [1.807, 2.05) is 30.3 Å². The van der Waals surface area contributed by atoms with Gasteiger partial charge in [0, 0.05) is 6.16 Å². The van der Waals surface area contributed by atoms with E-state index in [1.165, 1.54) is 0 Å². The molecule has 0 N–H and O–H groups in total. The fourth-order valence-corrected chi connectivity index (χ4v) is 0.857. The van der Waals surface area contributed by atoms with Gasteiger partial charge in [-0.25, -0.2) is 0 Å². The van der Waals surface area contributed by atoms with Gasteiger partial charge in [0.1, 0.15) is 12.4 Å². The Labute approximate surface area is 74.1 Å². The van der Waals surface area contributed by atoms with Crippen molar-refractivity contribution in [2.75, 3.05) is 12.8 Å². The van der Waals surface area contributed by atoms with Gasteiger partial charge < -0.3 is 4.74 Å². The van der Waals surface area contributed by atoms with Crippen molar-refractivity contribution in [2.45, 2.75) is 0 Å². The van der Waals surface area contributed by atoms with E-state index in [2.05, 4.69) is 9.24 Å². The summed E-state index contributed by atoms with van der Waals surface area (Å²) in [5, 5.41) is 0. The van der Waals surface area contributed by atoms with Crippen LogP contribution in [0.5, 0.6) is 5.75 Å². The Morgan fingerprint density at radius 3 is 2.58 bits per heavy atom. The van der Waals surface area contributed by atoms with Gasteiger partial charge in [-0.2, -0.15) is 0 Å². The molecule has 2 nitrogen and oxygen atoms in total. The number of carbonyl (C=O) groups is 1. The van der Waals surface area contributed by atoms with E-state index >= 15 is 0 Å². The van der Waals surface area contributed by atoms with Gasteiger partial charge in [0.2, 0.25) is 0 Å². The summed E-state index contributed by atoms with van der Waals surface area (Å²) in [5.41, 5.74) is 0. The first kappa shape index (κ1) is 9.21. The highest BCUT2D eigenvalue weighted by Gasteiger charge is 1.98. The number of Topliss-reactive ketones (excluding diaryl/α,β-unsaturated/α-hetero) is 1. The third kappa shape index (κ3) is 3.02. The molecule has 1 unspecified atom stereocenters. The Morgan fingerprint density at radius 2 is 2.00 bits per heavy atom. The predicted molar refractivity (Wildman–Crippen MR) is 51.5 cm³/mol. The molecule has 0 fully saturated rings. The monoisotopic (exact) mass is 182 g/mol. The molecule has 0 radical (unpaired) electrons. The van der Waals surface area contributed by atoms with Crippen molar-refractivity contribution in [3.8, 4) is 5.75 Å². The van der Waals surface area contributed by atoms with Gasteiger partial charge in [-0.1, -0.05) is 18.2 Å². The molecule has 1 aromatic rings.